The maximum absolute atomic E-state index is 5.48. The van der Waals surface area contributed by atoms with Gasteiger partial charge in [0.15, 0.2) is 5.82 Å². The number of hydrazine groups is 1. The van der Waals surface area contributed by atoms with E-state index in [0.717, 1.165) is 42.2 Å². The quantitative estimate of drug-likeness (QED) is 0.660. The van der Waals surface area contributed by atoms with E-state index in [9.17, 15) is 0 Å². The summed E-state index contributed by atoms with van der Waals surface area (Å²) in [5.74, 6) is 6.96. The highest BCUT2D eigenvalue weighted by molar-refractivity contribution is 7.17. The number of nitrogens with one attached hydrogen (secondary N) is 1. The van der Waals surface area contributed by atoms with Crippen LogP contribution in [-0.2, 0) is 0 Å². The lowest BCUT2D eigenvalue weighted by Crippen LogP contribution is -2.52. The van der Waals surface area contributed by atoms with Crippen molar-refractivity contribution in [2.45, 2.75) is 19.9 Å². The lowest BCUT2D eigenvalue weighted by molar-refractivity contribution is 0.199. The molecule has 3 rings (SSSR count). The van der Waals surface area contributed by atoms with Crippen LogP contribution in [0.1, 0.15) is 13.8 Å². The summed E-state index contributed by atoms with van der Waals surface area (Å²) < 4.78 is 1.14. The predicted octanol–water partition coefficient (Wildman–Crippen LogP) is 1.51. The minimum Gasteiger partial charge on any atom is -0.352 e. The predicted molar refractivity (Wildman–Crippen MR) is 84.1 cm³/mol. The number of nitrogens with two attached hydrogens (primary N) is 1. The van der Waals surface area contributed by atoms with Gasteiger partial charge in [0, 0.05) is 25.7 Å². The van der Waals surface area contributed by atoms with Crippen molar-refractivity contribution < 1.29 is 0 Å². The molecule has 1 unspecified atom stereocenters. The Hall–Kier alpha value is -1.44. The molecule has 1 atom stereocenters. The highest BCUT2D eigenvalue weighted by Crippen LogP contribution is 2.31. The van der Waals surface area contributed by atoms with Crippen molar-refractivity contribution in [1.82, 2.24) is 14.9 Å². The van der Waals surface area contributed by atoms with E-state index in [1.807, 2.05) is 6.07 Å². The summed E-state index contributed by atoms with van der Waals surface area (Å²) in [6.45, 7) is 8.63. The van der Waals surface area contributed by atoms with Crippen molar-refractivity contribution in [3.8, 4) is 0 Å². The third kappa shape index (κ3) is 2.32. The number of aromatic nitrogens is 2. The van der Waals surface area contributed by atoms with Gasteiger partial charge in [-0.2, -0.15) is 4.98 Å². The number of nitrogen functional groups attached to an aromatic ring is 1. The second kappa shape index (κ2) is 5.51. The van der Waals surface area contributed by atoms with Crippen LogP contribution in [0, 0.1) is 0 Å². The van der Waals surface area contributed by atoms with E-state index in [1.165, 1.54) is 0 Å². The van der Waals surface area contributed by atoms with Crippen LogP contribution in [0.5, 0.6) is 0 Å². The SMILES string of the molecule is CCN1CCN(c2nc(NN)nc3ccsc23)CC1C. The van der Waals surface area contributed by atoms with Gasteiger partial charge in [0.1, 0.15) is 0 Å². The van der Waals surface area contributed by atoms with E-state index in [-0.39, 0.29) is 0 Å². The zero-order chi connectivity index (χ0) is 14.1. The van der Waals surface area contributed by atoms with E-state index in [1.54, 1.807) is 11.3 Å². The topological polar surface area (TPSA) is 70.3 Å². The first kappa shape index (κ1) is 13.5. The minimum absolute atomic E-state index is 0.483. The largest absolute Gasteiger partial charge is 0.352 e. The van der Waals surface area contributed by atoms with Crippen molar-refractivity contribution in [3.05, 3.63) is 11.4 Å². The van der Waals surface area contributed by atoms with Crippen molar-refractivity contribution in [2.24, 2.45) is 5.84 Å². The fourth-order valence-electron chi connectivity index (χ4n) is 2.78. The van der Waals surface area contributed by atoms with Crippen LogP contribution in [0.25, 0.3) is 10.2 Å². The smallest absolute Gasteiger partial charge is 0.239 e. The summed E-state index contributed by atoms with van der Waals surface area (Å²) in [4.78, 5) is 13.8. The molecule has 0 aliphatic carbocycles. The number of thiophene rings is 1. The summed E-state index contributed by atoms with van der Waals surface area (Å²) >= 11 is 1.69. The van der Waals surface area contributed by atoms with Gasteiger partial charge in [-0.05, 0) is 24.9 Å². The molecule has 20 heavy (non-hydrogen) atoms. The third-order valence-electron chi connectivity index (χ3n) is 3.89. The van der Waals surface area contributed by atoms with E-state index in [4.69, 9.17) is 5.84 Å². The Morgan fingerprint density at radius 3 is 3.00 bits per heavy atom. The van der Waals surface area contributed by atoms with E-state index < -0.39 is 0 Å². The van der Waals surface area contributed by atoms with Crippen LogP contribution in [0.4, 0.5) is 11.8 Å². The molecule has 1 fully saturated rings. The Balaban J connectivity index is 1.95. The highest BCUT2D eigenvalue weighted by atomic mass is 32.1. The maximum atomic E-state index is 5.48. The number of hydrogen-bond donors (Lipinski definition) is 2. The molecule has 0 bridgehead atoms. The van der Waals surface area contributed by atoms with Crippen LogP contribution >= 0.6 is 11.3 Å². The standard InChI is InChI=1S/C13H20N6S/c1-3-18-5-6-19(8-9(18)2)12-11-10(4-7-20-11)15-13(16-12)17-14/h4,7,9H,3,5-6,8,14H2,1-2H3,(H,15,16,17). The monoisotopic (exact) mass is 292 g/mol. The molecule has 0 radical (unpaired) electrons. The number of anilines is 2. The van der Waals surface area contributed by atoms with Crippen LogP contribution < -0.4 is 16.2 Å². The summed E-state index contributed by atoms with van der Waals surface area (Å²) in [6, 6.07) is 2.55. The Bertz CT molecular complexity index is 598. The minimum atomic E-state index is 0.483. The second-order valence-electron chi connectivity index (χ2n) is 5.07. The number of rotatable bonds is 3. The first-order valence-electron chi connectivity index (χ1n) is 6.93. The molecule has 2 aromatic rings. The molecule has 2 aromatic heterocycles. The van der Waals surface area contributed by atoms with Crippen molar-refractivity contribution in [1.29, 1.82) is 0 Å². The van der Waals surface area contributed by atoms with Gasteiger partial charge in [-0.1, -0.05) is 6.92 Å². The zero-order valence-corrected chi connectivity index (χ0v) is 12.7. The summed E-state index contributed by atoms with van der Waals surface area (Å²) in [5, 5.41) is 2.05. The van der Waals surface area contributed by atoms with Crippen molar-refractivity contribution >= 4 is 33.3 Å². The molecule has 0 spiro atoms. The third-order valence-corrected chi connectivity index (χ3v) is 4.79. The van der Waals surface area contributed by atoms with E-state index >= 15 is 0 Å². The van der Waals surface area contributed by atoms with E-state index in [2.05, 4.69) is 44.4 Å². The first-order chi connectivity index (χ1) is 9.72. The average molecular weight is 292 g/mol. The molecular weight excluding hydrogens is 272 g/mol. The van der Waals surface area contributed by atoms with Crippen LogP contribution in [0.15, 0.2) is 11.4 Å². The van der Waals surface area contributed by atoms with Crippen LogP contribution in [-0.4, -0.2) is 47.1 Å². The molecule has 1 saturated heterocycles. The zero-order valence-electron chi connectivity index (χ0n) is 11.8. The number of likely N-dealkylation sites (N-methyl/N-ethyl adjacent to an activating group) is 1. The van der Waals surface area contributed by atoms with Crippen molar-refractivity contribution in [3.63, 3.8) is 0 Å². The molecule has 1 aliphatic heterocycles. The Morgan fingerprint density at radius 2 is 2.30 bits per heavy atom. The molecule has 7 heteroatoms. The fraction of sp³-hybridized carbons (Fsp3) is 0.538. The van der Waals surface area contributed by atoms with E-state index in [0.29, 0.717) is 12.0 Å². The number of fused-ring (bicyclic) bond motifs is 1. The lowest BCUT2D eigenvalue weighted by Gasteiger charge is -2.40. The molecule has 3 heterocycles. The maximum Gasteiger partial charge on any atom is 0.239 e. The number of piperazine rings is 1. The number of hydrogen-bond acceptors (Lipinski definition) is 7. The molecule has 0 saturated carbocycles. The fourth-order valence-corrected chi connectivity index (χ4v) is 3.63. The first-order valence-corrected chi connectivity index (χ1v) is 7.81. The molecule has 0 amide bonds. The summed E-state index contributed by atoms with van der Waals surface area (Å²) in [5.41, 5.74) is 3.52. The molecule has 3 N–H and O–H groups in total. The normalized spacial score (nSPS) is 20.6. The molecule has 108 valence electrons. The van der Waals surface area contributed by atoms with Crippen LogP contribution in [0.2, 0.25) is 0 Å². The summed E-state index contributed by atoms with van der Waals surface area (Å²) in [6.07, 6.45) is 0. The van der Waals surface area contributed by atoms with Crippen LogP contribution in [0.3, 0.4) is 0 Å². The molecular formula is C13H20N6S. The lowest BCUT2D eigenvalue weighted by atomic mass is 10.2. The summed E-state index contributed by atoms with van der Waals surface area (Å²) in [7, 11) is 0. The number of nitrogens with zero attached hydrogens (tertiary/aromatic N) is 4. The molecule has 1 aliphatic rings. The van der Waals surface area contributed by atoms with Gasteiger partial charge in [0.2, 0.25) is 5.95 Å². The Kier molecular flexibility index (Phi) is 3.73. The highest BCUT2D eigenvalue weighted by Gasteiger charge is 2.25. The van der Waals surface area contributed by atoms with Gasteiger partial charge in [-0.15, -0.1) is 11.3 Å². The Morgan fingerprint density at radius 1 is 1.45 bits per heavy atom. The average Bonchev–Trinajstić information content (AvgIpc) is 2.94. The molecule has 6 nitrogen and oxygen atoms in total. The van der Waals surface area contributed by atoms with Gasteiger partial charge >= 0.3 is 0 Å². The molecule has 0 aromatic carbocycles. The van der Waals surface area contributed by atoms with Crippen molar-refractivity contribution in [2.75, 3.05) is 36.5 Å². The van der Waals surface area contributed by atoms with Gasteiger partial charge in [0.05, 0.1) is 10.2 Å². The van der Waals surface area contributed by atoms with Gasteiger partial charge in [-0.25, -0.2) is 10.8 Å². The Labute approximate surface area is 122 Å². The van der Waals surface area contributed by atoms with Gasteiger partial charge in [-0.3, -0.25) is 10.3 Å². The van der Waals surface area contributed by atoms with Gasteiger partial charge in [0.25, 0.3) is 0 Å². The second-order valence-corrected chi connectivity index (χ2v) is 5.99. The van der Waals surface area contributed by atoms with Gasteiger partial charge < -0.3 is 4.90 Å².